The molecule has 0 saturated heterocycles. The van der Waals surface area contributed by atoms with Gasteiger partial charge >= 0.3 is 0 Å². The van der Waals surface area contributed by atoms with Crippen molar-refractivity contribution in [2.24, 2.45) is 0 Å². The molecule has 2 nitrogen and oxygen atoms in total. The van der Waals surface area contributed by atoms with E-state index < -0.39 is 9.39 Å². The molecular formula is C5H7Cl3O2. The van der Waals surface area contributed by atoms with E-state index in [1.807, 2.05) is 0 Å². The second-order valence-electron chi connectivity index (χ2n) is 2.22. The normalized spacial score (nSPS) is 12.9. The summed E-state index contributed by atoms with van der Waals surface area (Å²) in [6.07, 6.45) is 0. The first kappa shape index (κ1) is 10.3. The van der Waals surface area contributed by atoms with E-state index in [2.05, 4.69) is 4.74 Å². The Morgan fingerprint density at radius 2 is 1.70 bits per heavy atom. The van der Waals surface area contributed by atoms with Crippen molar-refractivity contribution >= 4 is 41.3 Å². The number of ether oxygens (including phenoxy) is 1. The quantitative estimate of drug-likeness (QED) is 0.511. The number of hydrogen-bond donors (Lipinski definition) is 0. The summed E-state index contributed by atoms with van der Waals surface area (Å²) in [5.41, 5.74) is -1.08. The van der Waals surface area contributed by atoms with Gasteiger partial charge in [-0.3, -0.25) is 4.79 Å². The van der Waals surface area contributed by atoms with Gasteiger partial charge in [-0.05, 0) is 13.8 Å². The summed E-state index contributed by atoms with van der Waals surface area (Å²) >= 11 is 16.4. The first-order valence-corrected chi connectivity index (χ1v) is 3.63. The van der Waals surface area contributed by atoms with Gasteiger partial charge in [-0.2, -0.15) is 0 Å². The molecule has 0 N–H and O–H groups in total. The van der Waals surface area contributed by atoms with Crippen LogP contribution in [-0.4, -0.2) is 15.9 Å². The van der Waals surface area contributed by atoms with Crippen LogP contribution in [0, 0.1) is 0 Å². The van der Waals surface area contributed by atoms with Crippen LogP contribution >= 0.6 is 34.8 Å². The zero-order valence-corrected chi connectivity index (χ0v) is 7.80. The lowest BCUT2D eigenvalue weighted by molar-refractivity contribution is -0.139. The second kappa shape index (κ2) is 3.16. The van der Waals surface area contributed by atoms with Gasteiger partial charge in [-0.15, -0.1) is 0 Å². The third-order valence-corrected chi connectivity index (χ3v) is 2.39. The van der Waals surface area contributed by atoms with Crippen molar-refractivity contribution in [3.8, 4) is 0 Å². The molecule has 0 unspecified atom stereocenters. The van der Waals surface area contributed by atoms with E-state index in [0.717, 1.165) is 0 Å². The summed E-state index contributed by atoms with van der Waals surface area (Å²) in [6, 6.07) is 0. The monoisotopic (exact) mass is 204 g/mol. The predicted octanol–water partition coefficient (Wildman–Crippen LogP) is 2.31. The van der Waals surface area contributed by atoms with Crippen molar-refractivity contribution < 1.29 is 9.53 Å². The summed E-state index contributed by atoms with van der Waals surface area (Å²) in [6.45, 7) is 3.27. The van der Waals surface area contributed by atoms with Gasteiger partial charge in [0.15, 0.2) is 5.60 Å². The van der Waals surface area contributed by atoms with Crippen molar-refractivity contribution in [1.29, 1.82) is 0 Å². The first-order chi connectivity index (χ1) is 4.31. The van der Waals surface area contributed by atoms with Gasteiger partial charge in [-0.25, -0.2) is 0 Å². The Balaban J connectivity index is 4.23. The molecule has 5 heteroatoms. The Labute approximate surface area is 74.4 Å². The fourth-order valence-corrected chi connectivity index (χ4v) is 0.321. The van der Waals surface area contributed by atoms with Crippen LogP contribution in [0.1, 0.15) is 13.8 Å². The molecule has 0 heterocycles. The van der Waals surface area contributed by atoms with Crippen LogP contribution in [0.15, 0.2) is 0 Å². The Kier molecular flexibility index (Phi) is 3.27. The minimum Gasteiger partial charge on any atom is -0.457 e. The van der Waals surface area contributed by atoms with Crippen molar-refractivity contribution in [2.45, 2.75) is 23.2 Å². The van der Waals surface area contributed by atoms with Gasteiger partial charge in [0, 0.05) is 0 Å². The summed E-state index contributed by atoms with van der Waals surface area (Å²) in [5, 5.41) is 0. The maximum absolute atomic E-state index is 9.87. The summed E-state index contributed by atoms with van der Waals surface area (Å²) in [7, 11) is 0. The van der Waals surface area contributed by atoms with Crippen LogP contribution in [-0.2, 0) is 9.53 Å². The molecule has 0 aromatic carbocycles. The molecule has 0 radical (unpaired) electrons. The highest BCUT2D eigenvalue weighted by Gasteiger charge is 2.42. The minimum absolute atomic E-state index is 0.252. The lowest BCUT2D eigenvalue weighted by Gasteiger charge is -2.29. The maximum atomic E-state index is 9.87. The molecule has 0 aliphatic heterocycles. The molecule has 0 atom stereocenters. The molecule has 0 fully saturated rings. The molecule has 0 saturated carbocycles. The maximum Gasteiger partial charge on any atom is 0.293 e. The van der Waals surface area contributed by atoms with Crippen molar-refractivity contribution in [3.05, 3.63) is 0 Å². The summed E-state index contributed by atoms with van der Waals surface area (Å²) < 4.78 is 2.93. The van der Waals surface area contributed by atoms with E-state index in [1.165, 1.54) is 13.8 Å². The lowest BCUT2D eigenvalue weighted by atomic mass is 10.2. The van der Waals surface area contributed by atoms with Gasteiger partial charge in [0.05, 0.1) is 0 Å². The Morgan fingerprint density at radius 3 is 1.80 bits per heavy atom. The number of halogens is 3. The molecule has 0 bridgehead atoms. The van der Waals surface area contributed by atoms with Gasteiger partial charge in [0.25, 0.3) is 6.47 Å². The third kappa shape index (κ3) is 2.52. The van der Waals surface area contributed by atoms with E-state index in [4.69, 9.17) is 34.8 Å². The van der Waals surface area contributed by atoms with Crippen molar-refractivity contribution in [2.75, 3.05) is 0 Å². The first-order valence-electron chi connectivity index (χ1n) is 2.49. The van der Waals surface area contributed by atoms with Gasteiger partial charge in [0.1, 0.15) is 0 Å². The number of alkyl halides is 3. The van der Waals surface area contributed by atoms with Gasteiger partial charge < -0.3 is 4.74 Å². The molecule has 0 aromatic heterocycles. The second-order valence-corrected chi connectivity index (χ2v) is 4.50. The summed E-state index contributed by atoms with van der Waals surface area (Å²) in [5.74, 6) is 0. The number of carbonyl (C=O) groups is 1. The van der Waals surface area contributed by atoms with Crippen LogP contribution in [0.5, 0.6) is 0 Å². The fourth-order valence-electron chi connectivity index (χ4n) is 0.187. The van der Waals surface area contributed by atoms with Crippen molar-refractivity contribution in [3.63, 3.8) is 0 Å². The molecule has 0 rings (SSSR count). The minimum atomic E-state index is -1.59. The largest absolute Gasteiger partial charge is 0.457 e. The molecule has 0 amide bonds. The van der Waals surface area contributed by atoms with Crippen molar-refractivity contribution in [1.82, 2.24) is 0 Å². The third-order valence-electron chi connectivity index (χ3n) is 1.03. The van der Waals surface area contributed by atoms with Gasteiger partial charge in [-0.1, -0.05) is 34.8 Å². The molecule has 0 spiro atoms. The zero-order valence-electron chi connectivity index (χ0n) is 5.53. The van der Waals surface area contributed by atoms with E-state index in [9.17, 15) is 4.79 Å². The van der Waals surface area contributed by atoms with Gasteiger partial charge in [0.2, 0.25) is 3.79 Å². The van der Waals surface area contributed by atoms with Crippen LogP contribution in [0.25, 0.3) is 0 Å². The molecule has 0 aliphatic carbocycles. The Morgan fingerprint density at radius 1 is 1.30 bits per heavy atom. The SMILES string of the molecule is CC(C)(OC=O)C(Cl)(Cl)Cl. The smallest absolute Gasteiger partial charge is 0.293 e. The highest BCUT2D eigenvalue weighted by molar-refractivity contribution is 6.68. The van der Waals surface area contributed by atoms with E-state index >= 15 is 0 Å². The molecular weight excluding hydrogens is 198 g/mol. The highest BCUT2D eigenvalue weighted by Crippen LogP contribution is 2.39. The Hall–Kier alpha value is 0.340. The van der Waals surface area contributed by atoms with Crippen LogP contribution < -0.4 is 0 Å². The standard InChI is InChI=1S/C5H7Cl3O2/c1-4(2,10-3-9)5(6,7)8/h3H,1-2H3. The van der Waals surface area contributed by atoms with E-state index in [0.29, 0.717) is 0 Å². The highest BCUT2D eigenvalue weighted by atomic mass is 35.6. The number of rotatable bonds is 2. The van der Waals surface area contributed by atoms with E-state index in [-0.39, 0.29) is 6.47 Å². The lowest BCUT2D eigenvalue weighted by Crippen LogP contribution is -2.38. The topological polar surface area (TPSA) is 26.3 Å². The predicted molar refractivity (Wildman–Crippen MR) is 41.5 cm³/mol. The van der Waals surface area contributed by atoms with Crippen LogP contribution in [0.3, 0.4) is 0 Å². The summed E-state index contributed by atoms with van der Waals surface area (Å²) in [4.78, 5) is 9.87. The zero-order chi connectivity index (χ0) is 8.41. The molecule has 0 aliphatic rings. The molecule has 60 valence electrons. The average Bonchev–Trinajstić information content (AvgIpc) is 1.61. The Bertz CT molecular complexity index is 127. The van der Waals surface area contributed by atoms with Crippen LogP contribution in [0.2, 0.25) is 0 Å². The number of carbonyl (C=O) groups excluding carboxylic acids is 1. The average molecular weight is 205 g/mol. The number of hydrogen-bond acceptors (Lipinski definition) is 2. The van der Waals surface area contributed by atoms with E-state index in [1.54, 1.807) is 0 Å². The van der Waals surface area contributed by atoms with Crippen LogP contribution in [0.4, 0.5) is 0 Å². The fraction of sp³-hybridized carbons (Fsp3) is 0.800. The molecule has 10 heavy (non-hydrogen) atoms. The molecule has 0 aromatic rings.